The molecule has 35 heavy (non-hydrogen) atoms. The molecule has 0 saturated carbocycles. The zero-order valence-corrected chi connectivity index (χ0v) is 21.2. The number of hydrogen-bond acceptors (Lipinski definition) is 7. The molecule has 1 unspecified atom stereocenters. The molecule has 1 aromatic heterocycles. The predicted octanol–water partition coefficient (Wildman–Crippen LogP) is 3.53. The van der Waals surface area contributed by atoms with Crippen molar-refractivity contribution in [1.29, 1.82) is 0 Å². The van der Waals surface area contributed by atoms with Gasteiger partial charge in [0.2, 0.25) is 6.79 Å². The predicted molar refractivity (Wildman–Crippen MR) is 133 cm³/mol. The van der Waals surface area contributed by atoms with Crippen LogP contribution in [-0.4, -0.2) is 56.1 Å². The highest BCUT2D eigenvalue weighted by Gasteiger charge is 2.28. The van der Waals surface area contributed by atoms with Crippen molar-refractivity contribution in [3.05, 3.63) is 59.4 Å². The summed E-state index contributed by atoms with van der Waals surface area (Å²) in [6.45, 7) is 5.71. The quantitative estimate of drug-likeness (QED) is 0.471. The minimum atomic E-state index is -3.23. The number of imidazole rings is 1. The van der Waals surface area contributed by atoms with E-state index in [0.717, 1.165) is 60.4 Å². The van der Waals surface area contributed by atoms with Gasteiger partial charge in [-0.3, -0.25) is 4.90 Å². The summed E-state index contributed by atoms with van der Waals surface area (Å²) in [6, 6.07) is 13.9. The lowest BCUT2D eigenvalue weighted by atomic mass is 9.99. The van der Waals surface area contributed by atoms with Gasteiger partial charge in [0.25, 0.3) is 0 Å². The van der Waals surface area contributed by atoms with E-state index in [2.05, 4.69) is 28.5 Å². The van der Waals surface area contributed by atoms with E-state index in [1.165, 1.54) is 11.8 Å². The molecule has 0 aliphatic carbocycles. The van der Waals surface area contributed by atoms with Gasteiger partial charge in [-0.05, 0) is 42.2 Å². The van der Waals surface area contributed by atoms with Gasteiger partial charge in [-0.25, -0.2) is 13.4 Å². The van der Waals surface area contributed by atoms with Crippen molar-refractivity contribution in [2.75, 3.05) is 33.2 Å². The molecule has 5 rings (SSSR count). The molecular formula is C26H31N3O5S. The van der Waals surface area contributed by atoms with E-state index >= 15 is 0 Å². The van der Waals surface area contributed by atoms with Crippen molar-refractivity contribution < 1.29 is 22.6 Å². The van der Waals surface area contributed by atoms with Crippen LogP contribution in [0.15, 0.2) is 42.5 Å². The zero-order chi connectivity index (χ0) is 24.6. The van der Waals surface area contributed by atoms with Gasteiger partial charge in [0.05, 0.1) is 29.8 Å². The number of para-hydroxylation sites is 1. The van der Waals surface area contributed by atoms with Crippen LogP contribution in [0.4, 0.5) is 0 Å². The van der Waals surface area contributed by atoms with Crippen LogP contribution < -0.4 is 14.2 Å². The molecule has 2 aromatic carbocycles. The van der Waals surface area contributed by atoms with Crippen LogP contribution in [-0.2, 0) is 35.1 Å². The lowest BCUT2D eigenvalue weighted by molar-refractivity contribution is 0.174. The fourth-order valence-electron chi connectivity index (χ4n) is 5.02. The first kappa shape index (κ1) is 23.7. The van der Waals surface area contributed by atoms with Gasteiger partial charge in [0, 0.05) is 32.4 Å². The standard InChI is InChI=1S/C26H31N3O5S/c1-18(12-19-8-9-24-25(13-19)34-17-33-24)14-28-10-11-29-22(15-28)21(16-35(3,30)31)27-26(29)20-6-4-5-7-23(20)32-2/h4-9,13,18H,10-12,14-17H2,1-3H3. The highest BCUT2D eigenvalue weighted by molar-refractivity contribution is 7.89. The third kappa shape index (κ3) is 5.16. The lowest BCUT2D eigenvalue weighted by Gasteiger charge is -2.31. The van der Waals surface area contributed by atoms with E-state index in [0.29, 0.717) is 18.2 Å². The Balaban J connectivity index is 1.36. The number of sulfone groups is 1. The molecule has 0 spiro atoms. The van der Waals surface area contributed by atoms with Gasteiger partial charge < -0.3 is 18.8 Å². The molecule has 0 radical (unpaired) electrons. The number of benzene rings is 2. The number of hydrogen-bond donors (Lipinski definition) is 0. The van der Waals surface area contributed by atoms with Crippen molar-refractivity contribution in [3.8, 4) is 28.6 Å². The van der Waals surface area contributed by atoms with Gasteiger partial charge in [0.15, 0.2) is 21.3 Å². The molecule has 3 aromatic rings. The highest BCUT2D eigenvalue weighted by atomic mass is 32.2. The summed E-state index contributed by atoms with van der Waals surface area (Å²) in [7, 11) is -1.59. The Morgan fingerprint density at radius 2 is 1.91 bits per heavy atom. The summed E-state index contributed by atoms with van der Waals surface area (Å²) in [5.74, 6) is 3.45. The van der Waals surface area contributed by atoms with Crippen LogP contribution in [0.3, 0.4) is 0 Å². The zero-order valence-electron chi connectivity index (χ0n) is 20.4. The Morgan fingerprint density at radius 3 is 2.71 bits per heavy atom. The van der Waals surface area contributed by atoms with Crippen LogP contribution >= 0.6 is 0 Å². The van der Waals surface area contributed by atoms with E-state index in [9.17, 15) is 8.42 Å². The minimum absolute atomic E-state index is 0.0714. The minimum Gasteiger partial charge on any atom is -0.496 e. The monoisotopic (exact) mass is 497 g/mol. The van der Waals surface area contributed by atoms with Gasteiger partial charge in [0.1, 0.15) is 11.6 Å². The van der Waals surface area contributed by atoms with Gasteiger partial charge in [-0.15, -0.1) is 0 Å². The van der Waals surface area contributed by atoms with Crippen molar-refractivity contribution in [2.45, 2.75) is 32.2 Å². The van der Waals surface area contributed by atoms with E-state index in [-0.39, 0.29) is 12.5 Å². The lowest BCUT2D eigenvalue weighted by Crippen LogP contribution is -2.37. The molecule has 186 valence electrons. The molecule has 1 atom stereocenters. The molecule has 0 amide bonds. The summed E-state index contributed by atoms with van der Waals surface area (Å²) in [5, 5.41) is 0. The second-order valence-corrected chi connectivity index (χ2v) is 11.6. The molecule has 0 fully saturated rings. The van der Waals surface area contributed by atoms with Crippen molar-refractivity contribution in [3.63, 3.8) is 0 Å². The normalized spacial score (nSPS) is 16.2. The van der Waals surface area contributed by atoms with E-state index in [4.69, 9.17) is 19.2 Å². The molecule has 2 aliphatic rings. The molecule has 9 heteroatoms. The highest BCUT2D eigenvalue weighted by Crippen LogP contribution is 2.35. The Hall–Kier alpha value is -3.04. The topological polar surface area (TPSA) is 82.9 Å². The summed E-state index contributed by atoms with van der Waals surface area (Å²) in [6.07, 6.45) is 2.19. The van der Waals surface area contributed by atoms with Crippen LogP contribution in [0.2, 0.25) is 0 Å². The van der Waals surface area contributed by atoms with Crippen LogP contribution in [0.25, 0.3) is 11.4 Å². The number of fused-ring (bicyclic) bond motifs is 2. The molecule has 2 aliphatic heterocycles. The van der Waals surface area contributed by atoms with Gasteiger partial charge in [-0.2, -0.15) is 0 Å². The fourth-order valence-corrected chi connectivity index (χ4v) is 5.74. The second-order valence-electron chi connectivity index (χ2n) is 9.48. The van der Waals surface area contributed by atoms with Crippen LogP contribution in [0, 0.1) is 5.92 Å². The maximum absolute atomic E-state index is 12.2. The summed E-state index contributed by atoms with van der Waals surface area (Å²) in [5.41, 5.74) is 3.69. The molecule has 0 N–H and O–H groups in total. The number of ether oxygens (including phenoxy) is 3. The molecule has 0 bridgehead atoms. The maximum Gasteiger partial charge on any atom is 0.231 e. The van der Waals surface area contributed by atoms with Crippen molar-refractivity contribution >= 4 is 9.84 Å². The number of aromatic nitrogens is 2. The average Bonchev–Trinajstić information content (AvgIpc) is 3.42. The van der Waals surface area contributed by atoms with Crippen LogP contribution in [0.1, 0.15) is 23.9 Å². The van der Waals surface area contributed by atoms with Gasteiger partial charge in [-0.1, -0.05) is 25.1 Å². The first-order valence-electron chi connectivity index (χ1n) is 11.8. The maximum atomic E-state index is 12.2. The van der Waals surface area contributed by atoms with Gasteiger partial charge >= 0.3 is 0 Å². The van der Waals surface area contributed by atoms with Crippen molar-refractivity contribution in [1.82, 2.24) is 14.5 Å². The Labute approximate surface area is 206 Å². The summed E-state index contributed by atoms with van der Waals surface area (Å²) in [4.78, 5) is 7.22. The summed E-state index contributed by atoms with van der Waals surface area (Å²) >= 11 is 0. The smallest absolute Gasteiger partial charge is 0.231 e. The van der Waals surface area contributed by atoms with E-state index in [1.54, 1.807) is 7.11 Å². The fraction of sp³-hybridized carbons (Fsp3) is 0.423. The SMILES string of the molecule is COc1ccccc1-c1nc(CS(C)(=O)=O)c2n1CCN(CC(C)Cc1ccc3c(c1)OCO3)C2. The molecule has 8 nitrogen and oxygen atoms in total. The molecule has 3 heterocycles. The van der Waals surface area contributed by atoms with E-state index in [1.807, 2.05) is 30.3 Å². The Bertz CT molecular complexity index is 1330. The van der Waals surface area contributed by atoms with Crippen LogP contribution in [0.5, 0.6) is 17.2 Å². The Kier molecular flexibility index (Phi) is 6.46. The third-order valence-electron chi connectivity index (χ3n) is 6.51. The summed E-state index contributed by atoms with van der Waals surface area (Å²) < 4.78 is 43.0. The average molecular weight is 498 g/mol. The third-order valence-corrected chi connectivity index (χ3v) is 7.30. The second kappa shape index (κ2) is 9.54. The number of rotatable bonds is 8. The molecule has 0 saturated heterocycles. The Morgan fingerprint density at radius 1 is 1.11 bits per heavy atom. The largest absolute Gasteiger partial charge is 0.496 e. The van der Waals surface area contributed by atoms with E-state index < -0.39 is 9.84 Å². The first-order chi connectivity index (χ1) is 16.8. The first-order valence-corrected chi connectivity index (χ1v) is 13.9. The molecular weight excluding hydrogens is 466 g/mol. The number of methoxy groups -OCH3 is 1. The number of nitrogens with zero attached hydrogens (tertiary/aromatic N) is 3. The van der Waals surface area contributed by atoms with Crippen molar-refractivity contribution in [2.24, 2.45) is 5.92 Å².